The highest BCUT2D eigenvalue weighted by Crippen LogP contribution is 2.44. The topological polar surface area (TPSA) is 146 Å². The molecule has 2 aliphatic rings. The van der Waals surface area contributed by atoms with E-state index in [-0.39, 0.29) is 103 Å². The summed E-state index contributed by atoms with van der Waals surface area (Å²) in [6.07, 6.45) is -18.7. The molecule has 13 rings (SSSR count). The SMILES string of the molecule is FC(F)(F)c1cccc(Oc2ccc3c(c2)-c2nc-3nc3[nH]c(nc4nc(nc5[nH]c(n2)c2ccc(Oc6cccc(C(F)(F)F)c6)cc52)-c2ccc(Oc5cccc(C(F)(F)F)c5)cc2-4)c2ccc(Oc4cccc(C(F)(F)F)c4)cc32)c1. The molecule has 0 radical (unpaired) electrons. The van der Waals surface area contributed by atoms with Gasteiger partial charge in [0.15, 0.2) is 23.3 Å². The monoisotopic (exact) mass is 1150 g/mol. The molecular weight excluding hydrogens is 1120 g/mol. The minimum atomic E-state index is -4.68. The Hall–Kier alpha value is -10.5. The smallest absolute Gasteiger partial charge is 0.416 e. The Morgan fingerprint density at radius 1 is 0.250 bits per heavy atom. The maximum absolute atomic E-state index is 13.8. The van der Waals surface area contributed by atoms with Gasteiger partial charge in [-0.05, 0) is 146 Å². The summed E-state index contributed by atoms with van der Waals surface area (Å²) >= 11 is 0. The first-order valence-electron chi connectivity index (χ1n) is 24.8. The molecule has 84 heavy (non-hydrogen) atoms. The molecule has 11 aromatic rings. The molecule has 0 unspecified atom stereocenters. The zero-order valence-corrected chi connectivity index (χ0v) is 42.0. The van der Waals surface area contributed by atoms with Crippen molar-refractivity contribution in [3.05, 3.63) is 192 Å². The van der Waals surface area contributed by atoms with E-state index in [9.17, 15) is 52.7 Å². The standard InChI is InChI=1S/C60H30F12N8O4/c61-57(62,63)29-5-1-9-33(21-29)81-37-13-17-41-45(25-37)53-73-49(41)78-54-47-27-39(83-35-11-3-7-31(23-35)59(67,68)69)15-19-43(47)51(75-54)80-56-48-28-40(84-36-12-4-8-32(24-36)60(70,71)72)16-20-44(48)52(76-56)79-55-46-26-38(14-18-42(46)50(74-55)77-53)82-34-10-2-6-30(22-34)58(64,65)66/h1-28H,(H2,73,74,75,76,77,78,79,80). The summed E-state index contributed by atoms with van der Waals surface area (Å²) in [5.74, 6) is -0.241. The maximum Gasteiger partial charge on any atom is 0.416 e. The lowest BCUT2D eigenvalue weighted by atomic mass is 10.1. The van der Waals surface area contributed by atoms with Gasteiger partial charge in [0, 0.05) is 43.8 Å². The molecular formula is C60H30F12N8O4. The van der Waals surface area contributed by atoms with Crippen LogP contribution in [0.4, 0.5) is 52.7 Å². The summed E-state index contributed by atoms with van der Waals surface area (Å²) in [5, 5.41) is 1.34. The molecule has 0 fully saturated rings. The number of halogens is 12. The Labute approximate surface area is 462 Å². The molecule has 2 aliphatic heterocycles. The summed E-state index contributed by atoms with van der Waals surface area (Å²) < 4.78 is 189. The lowest BCUT2D eigenvalue weighted by molar-refractivity contribution is -0.138. The first kappa shape index (κ1) is 52.8. The first-order valence-corrected chi connectivity index (χ1v) is 24.8. The Bertz CT molecular complexity index is 4380. The summed E-state index contributed by atoms with van der Waals surface area (Å²) in [7, 11) is 0. The molecule has 3 aromatic heterocycles. The number of hydrogen-bond donors (Lipinski definition) is 2. The van der Waals surface area contributed by atoms with Gasteiger partial charge in [-0.25, -0.2) is 29.9 Å². The van der Waals surface area contributed by atoms with Crippen LogP contribution in [0.25, 0.3) is 89.7 Å². The maximum atomic E-state index is 13.8. The van der Waals surface area contributed by atoms with Crippen molar-refractivity contribution in [2.75, 3.05) is 0 Å². The molecule has 0 saturated heterocycles. The highest BCUT2D eigenvalue weighted by molar-refractivity contribution is 6.07. The van der Waals surface area contributed by atoms with Crippen molar-refractivity contribution in [1.82, 2.24) is 39.9 Å². The summed E-state index contributed by atoms with van der Waals surface area (Å²) in [6.45, 7) is 0. The first-order chi connectivity index (χ1) is 40.0. The fourth-order valence-electron chi connectivity index (χ4n) is 9.45. The van der Waals surface area contributed by atoms with E-state index in [1.54, 1.807) is 24.3 Å². The molecule has 12 nitrogen and oxygen atoms in total. The highest BCUT2D eigenvalue weighted by Gasteiger charge is 2.34. The number of fused-ring (bicyclic) bond motifs is 20. The Morgan fingerprint density at radius 2 is 0.512 bits per heavy atom. The van der Waals surface area contributed by atoms with Gasteiger partial charge in [-0.2, -0.15) is 52.7 Å². The minimum absolute atomic E-state index is 0.00820. The Morgan fingerprint density at radius 3 is 0.821 bits per heavy atom. The van der Waals surface area contributed by atoms with Crippen LogP contribution >= 0.6 is 0 Å². The Kier molecular flexibility index (Phi) is 12.3. The second kappa shape index (κ2) is 19.6. The van der Waals surface area contributed by atoms with Gasteiger partial charge in [0.25, 0.3) is 0 Å². The van der Waals surface area contributed by atoms with Gasteiger partial charge in [0.2, 0.25) is 0 Å². The van der Waals surface area contributed by atoms with Gasteiger partial charge in [-0.1, -0.05) is 24.3 Å². The summed E-state index contributed by atoms with van der Waals surface area (Å²) in [4.78, 5) is 36.0. The van der Waals surface area contributed by atoms with Crippen LogP contribution in [-0.4, -0.2) is 39.9 Å². The van der Waals surface area contributed by atoms with E-state index in [0.717, 1.165) is 48.5 Å². The fraction of sp³-hybridized carbons (Fsp3) is 0.0667. The summed E-state index contributed by atoms with van der Waals surface area (Å²) in [6, 6.07) is 35.2. The van der Waals surface area contributed by atoms with Crippen LogP contribution in [0.3, 0.4) is 0 Å². The average Bonchev–Trinajstić information content (AvgIpc) is 3.23. The molecule has 0 amide bonds. The minimum Gasteiger partial charge on any atom is -0.457 e. The molecule has 418 valence electrons. The predicted octanol–water partition coefficient (Wildman–Crippen LogP) is 18.1. The van der Waals surface area contributed by atoms with Crippen LogP contribution in [0.15, 0.2) is 170 Å². The molecule has 8 aromatic carbocycles. The van der Waals surface area contributed by atoms with Gasteiger partial charge in [-0.15, -0.1) is 0 Å². The molecule has 5 heterocycles. The molecule has 0 atom stereocenters. The number of nitrogens with zero attached hydrogens (tertiary/aromatic N) is 6. The van der Waals surface area contributed by atoms with Crippen LogP contribution in [0.1, 0.15) is 22.3 Å². The van der Waals surface area contributed by atoms with E-state index in [2.05, 4.69) is 9.97 Å². The third-order valence-electron chi connectivity index (χ3n) is 13.3. The fourth-order valence-corrected chi connectivity index (χ4v) is 9.45. The van der Waals surface area contributed by atoms with E-state index in [0.29, 0.717) is 32.7 Å². The Balaban J connectivity index is 1.05. The second-order valence-electron chi connectivity index (χ2n) is 18.9. The van der Waals surface area contributed by atoms with Crippen LogP contribution in [0.2, 0.25) is 0 Å². The molecule has 8 bridgehead atoms. The number of nitrogens with one attached hydrogen (secondary N) is 2. The van der Waals surface area contributed by atoms with Crippen LogP contribution in [0, 0.1) is 0 Å². The number of H-pyrrole nitrogens is 2. The highest BCUT2D eigenvalue weighted by atomic mass is 19.4. The van der Waals surface area contributed by atoms with Gasteiger partial charge in [0.05, 0.1) is 22.3 Å². The van der Waals surface area contributed by atoms with Crippen molar-refractivity contribution in [3.63, 3.8) is 0 Å². The third-order valence-corrected chi connectivity index (χ3v) is 13.3. The molecule has 0 aliphatic carbocycles. The van der Waals surface area contributed by atoms with Gasteiger partial charge < -0.3 is 28.9 Å². The van der Waals surface area contributed by atoms with E-state index in [1.807, 2.05) is 0 Å². The number of ether oxygens (including phenoxy) is 4. The number of benzene rings is 8. The van der Waals surface area contributed by atoms with Crippen molar-refractivity contribution in [1.29, 1.82) is 0 Å². The van der Waals surface area contributed by atoms with E-state index in [1.165, 1.54) is 97.1 Å². The summed E-state index contributed by atoms with van der Waals surface area (Å²) in [5.41, 5.74) is -2.22. The van der Waals surface area contributed by atoms with E-state index < -0.39 is 47.0 Å². The van der Waals surface area contributed by atoms with Gasteiger partial charge in [0.1, 0.15) is 68.6 Å². The molecule has 0 saturated carbocycles. The largest absolute Gasteiger partial charge is 0.457 e. The predicted molar refractivity (Wildman–Crippen MR) is 282 cm³/mol. The van der Waals surface area contributed by atoms with Crippen LogP contribution < -0.4 is 18.9 Å². The van der Waals surface area contributed by atoms with Crippen molar-refractivity contribution in [2.45, 2.75) is 24.7 Å². The number of alkyl halides is 12. The number of rotatable bonds is 8. The van der Waals surface area contributed by atoms with E-state index >= 15 is 0 Å². The number of aromatic nitrogens is 8. The van der Waals surface area contributed by atoms with Gasteiger partial charge in [-0.3, -0.25) is 0 Å². The van der Waals surface area contributed by atoms with Crippen molar-refractivity contribution in [2.24, 2.45) is 0 Å². The van der Waals surface area contributed by atoms with Crippen molar-refractivity contribution >= 4 is 44.1 Å². The number of aromatic amines is 2. The van der Waals surface area contributed by atoms with Crippen molar-refractivity contribution < 1.29 is 71.6 Å². The molecule has 24 heteroatoms. The second-order valence-corrected chi connectivity index (χ2v) is 18.9. The molecule has 0 spiro atoms. The van der Waals surface area contributed by atoms with Crippen molar-refractivity contribution in [3.8, 4) is 91.5 Å². The normalized spacial score (nSPS) is 12.5. The zero-order valence-electron chi connectivity index (χ0n) is 42.0. The number of hydrogen-bond acceptors (Lipinski definition) is 10. The third kappa shape index (κ3) is 10.3. The van der Waals surface area contributed by atoms with E-state index in [4.69, 9.17) is 48.9 Å². The quantitative estimate of drug-likeness (QED) is 0.141. The van der Waals surface area contributed by atoms with Gasteiger partial charge >= 0.3 is 24.7 Å². The average molecular weight is 1150 g/mol. The van der Waals surface area contributed by atoms with Crippen LogP contribution in [-0.2, 0) is 24.7 Å². The lowest BCUT2D eigenvalue weighted by Gasteiger charge is -2.11. The lowest BCUT2D eigenvalue weighted by Crippen LogP contribution is -2.04. The zero-order chi connectivity index (χ0) is 58.5. The van der Waals surface area contributed by atoms with Crippen LogP contribution in [0.5, 0.6) is 46.0 Å². The molecule has 2 N–H and O–H groups in total.